The second-order valence-corrected chi connectivity index (χ2v) is 4.58. The molecule has 0 fully saturated rings. The van der Waals surface area contributed by atoms with Gasteiger partial charge in [-0.1, -0.05) is 28.4 Å². The predicted molar refractivity (Wildman–Crippen MR) is 68.9 cm³/mol. The van der Waals surface area contributed by atoms with Gasteiger partial charge in [-0.05, 0) is 25.1 Å². The van der Waals surface area contributed by atoms with Crippen LogP contribution in [0.2, 0.25) is 10.0 Å². The number of amides is 1. The summed E-state index contributed by atoms with van der Waals surface area (Å²) in [7, 11) is 0. The van der Waals surface area contributed by atoms with E-state index in [1.807, 2.05) is 0 Å². The average molecular weight is 285 g/mol. The van der Waals surface area contributed by atoms with Crippen molar-refractivity contribution in [3.05, 3.63) is 51.3 Å². The third kappa shape index (κ3) is 3.03. The summed E-state index contributed by atoms with van der Waals surface area (Å²) in [5, 5.41) is 7.28. The Kier molecular flexibility index (Phi) is 3.89. The van der Waals surface area contributed by atoms with Crippen molar-refractivity contribution in [2.75, 3.05) is 0 Å². The standard InChI is InChI=1S/C12H10Cl2N2O2/c1-7-4-9(16-18-7)6-15-12(17)10-3-2-8(13)5-11(10)14/h2-5H,6H2,1H3,(H,15,17). The van der Waals surface area contributed by atoms with Crippen LogP contribution >= 0.6 is 23.2 Å². The van der Waals surface area contributed by atoms with Gasteiger partial charge in [-0.2, -0.15) is 0 Å². The van der Waals surface area contributed by atoms with Crippen LogP contribution in [0.3, 0.4) is 0 Å². The Morgan fingerprint density at radius 2 is 2.17 bits per heavy atom. The topological polar surface area (TPSA) is 55.1 Å². The Morgan fingerprint density at radius 1 is 1.39 bits per heavy atom. The lowest BCUT2D eigenvalue weighted by Crippen LogP contribution is -2.23. The van der Waals surface area contributed by atoms with Crippen LogP contribution in [-0.4, -0.2) is 11.1 Å². The maximum Gasteiger partial charge on any atom is 0.253 e. The summed E-state index contributed by atoms with van der Waals surface area (Å²) in [6.45, 7) is 2.07. The van der Waals surface area contributed by atoms with E-state index in [2.05, 4.69) is 10.5 Å². The molecule has 0 bridgehead atoms. The van der Waals surface area contributed by atoms with Crippen LogP contribution in [0.4, 0.5) is 0 Å². The minimum absolute atomic E-state index is 0.280. The summed E-state index contributed by atoms with van der Waals surface area (Å²) in [6.07, 6.45) is 0. The summed E-state index contributed by atoms with van der Waals surface area (Å²) in [4.78, 5) is 11.9. The van der Waals surface area contributed by atoms with Crippen molar-refractivity contribution < 1.29 is 9.32 Å². The van der Waals surface area contributed by atoms with E-state index in [1.165, 1.54) is 6.07 Å². The average Bonchev–Trinajstić information content (AvgIpc) is 2.72. The fourth-order valence-corrected chi connectivity index (χ4v) is 1.94. The van der Waals surface area contributed by atoms with Gasteiger partial charge in [-0.3, -0.25) is 4.79 Å². The molecule has 1 heterocycles. The van der Waals surface area contributed by atoms with Crippen LogP contribution in [0.1, 0.15) is 21.8 Å². The Morgan fingerprint density at radius 3 is 2.78 bits per heavy atom. The fourth-order valence-electron chi connectivity index (χ4n) is 1.44. The molecule has 0 aliphatic heterocycles. The summed E-state index contributed by atoms with van der Waals surface area (Å²) in [6, 6.07) is 6.47. The molecule has 4 nitrogen and oxygen atoms in total. The first-order valence-electron chi connectivity index (χ1n) is 5.21. The largest absolute Gasteiger partial charge is 0.361 e. The highest BCUT2D eigenvalue weighted by molar-refractivity contribution is 6.36. The van der Waals surface area contributed by atoms with Gasteiger partial charge in [-0.15, -0.1) is 0 Å². The van der Waals surface area contributed by atoms with Crippen LogP contribution in [-0.2, 0) is 6.54 Å². The highest BCUT2D eigenvalue weighted by atomic mass is 35.5. The van der Waals surface area contributed by atoms with E-state index >= 15 is 0 Å². The minimum Gasteiger partial charge on any atom is -0.361 e. The van der Waals surface area contributed by atoms with Crippen molar-refractivity contribution in [3.63, 3.8) is 0 Å². The monoisotopic (exact) mass is 284 g/mol. The normalized spacial score (nSPS) is 10.4. The van der Waals surface area contributed by atoms with Gasteiger partial charge < -0.3 is 9.84 Å². The summed E-state index contributed by atoms with van der Waals surface area (Å²) in [5.41, 5.74) is 1.03. The molecule has 2 aromatic rings. The molecule has 1 aromatic heterocycles. The Hall–Kier alpha value is -1.52. The zero-order valence-corrected chi connectivity index (χ0v) is 11.0. The molecule has 0 saturated carbocycles. The van der Waals surface area contributed by atoms with Gasteiger partial charge in [0.25, 0.3) is 5.91 Å². The molecule has 94 valence electrons. The van der Waals surface area contributed by atoms with Crippen molar-refractivity contribution in [2.24, 2.45) is 0 Å². The molecule has 0 spiro atoms. The molecule has 0 aliphatic rings. The second kappa shape index (κ2) is 5.42. The van der Waals surface area contributed by atoms with E-state index < -0.39 is 0 Å². The van der Waals surface area contributed by atoms with E-state index in [1.54, 1.807) is 25.1 Å². The smallest absolute Gasteiger partial charge is 0.253 e. The Balaban J connectivity index is 2.03. The maximum absolute atomic E-state index is 11.9. The quantitative estimate of drug-likeness (QED) is 0.942. The first-order valence-corrected chi connectivity index (χ1v) is 5.97. The van der Waals surface area contributed by atoms with Gasteiger partial charge >= 0.3 is 0 Å². The molecule has 2 rings (SSSR count). The van der Waals surface area contributed by atoms with E-state index in [-0.39, 0.29) is 12.5 Å². The molecular formula is C12H10Cl2N2O2. The Labute approximate surface area is 114 Å². The number of benzene rings is 1. The lowest BCUT2D eigenvalue weighted by atomic mass is 10.2. The number of halogens is 2. The maximum atomic E-state index is 11.9. The first kappa shape index (κ1) is 12.9. The highest BCUT2D eigenvalue weighted by Crippen LogP contribution is 2.20. The third-order valence-electron chi connectivity index (χ3n) is 2.28. The van der Waals surface area contributed by atoms with Crippen molar-refractivity contribution in [1.82, 2.24) is 10.5 Å². The predicted octanol–water partition coefficient (Wildman–Crippen LogP) is 3.22. The molecule has 0 saturated heterocycles. The number of carbonyl (C=O) groups is 1. The number of hydrogen-bond acceptors (Lipinski definition) is 3. The van der Waals surface area contributed by atoms with Crippen molar-refractivity contribution in [3.8, 4) is 0 Å². The molecule has 1 amide bonds. The third-order valence-corrected chi connectivity index (χ3v) is 2.83. The first-order chi connectivity index (χ1) is 8.56. The van der Waals surface area contributed by atoms with Gasteiger partial charge in [0, 0.05) is 11.1 Å². The zero-order chi connectivity index (χ0) is 13.1. The summed E-state index contributed by atoms with van der Waals surface area (Å²) < 4.78 is 4.90. The number of aromatic nitrogens is 1. The molecule has 0 unspecified atom stereocenters. The highest BCUT2D eigenvalue weighted by Gasteiger charge is 2.11. The SMILES string of the molecule is Cc1cc(CNC(=O)c2ccc(Cl)cc2Cl)no1. The summed E-state index contributed by atoms with van der Waals surface area (Å²) in [5.74, 6) is 0.418. The van der Waals surface area contributed by atoms with Gasteiger partial charge in [0.15, 0.2) is 0 Å². The number of hydrogen-bond donors (Lipinski definition) is 1. The second-order valence-electron chi connectivity index (χ2n) is 3.74. The van der Waals surface area contributed by atoms with E-state index in [0.29, 0.717) is 27.1 Å². The van der Waals surface area contributed by atoms with Crippen molar-refractivity contribution in [1.29, 1.82) is 0 Å². The van der Waals surface area contributed by atoms with Crippen molar-refractivity contribution in [2.45, 2.75) is 13.5 Å². The van der Waals surface area contributed by atoms with Gasteiger partial charge in [-0.25, -0.2) is 0 Å². The number of carbonyl (C=O) groups excluding carboxylic acids is 1. The number of nitrogens with one attached hydrogen (secondary N) is 1. The molecule has 0 aliphatic carbocycles. The molecular weight excluding hydrogens is 275 g/mol. The van der Waals surface area contributed by atoms with Crippen LogP contribution in [0, 0.1) is 6.92 Å². The lowest BCUT2D eigenvalue weighted by Gasteiger charge is -2.05. The Bertz CT molecular complexity index is 581. The molecule has 6 heteroatoms. The van der Waals surface area contributed by atoms with Crippen molar-refractivity contribution >= 4 is 29.1 Å². The van der Waals surface area contributed by atoms with E-state index in [9.17, 15) is 4.79 Å². The van der Waals surface area contributed by atoms with E-state index in [0.717, 1.165) is 0 Å². The molecule has 18 heavy (non-hydrogen) atoms. The lowest BCUT2D eigenvalue weighted by molar-refractivity contribution is 0.0950. The molecule has 1 N–H and O–H groups in total. The van der Waals surface area contributed by atoms with Gasteiger partial charge in [0.1, 0.15) is 11.5 Å². The van der Waals surface area contributed by atoms with Crippen LogP contribution in [0.5, 0.6) is 0 Å². The van der Waals surface area contributed by atoms with Crippen LogP contribution < -0.4 is 5.32 Å². The van der Waals surface area contributed by atoms with E-state index in [4.69, 9.17) is 27.7 Å². The molecule has 0 radical (unpaired) electrons. The minimum atomic E-state index is -0.280. The van der Waals surface area contributed by atoms with Crippen LogP contribution in [0.25, 0.3) is 0 Å². The number of rotatable bonds is 3. The molecule has 1 aromatic carbocycles. The summed E-state index contributed by atoms with van der Waals surface area (Å²) >= 11 is 11.7. The van der Waals surface area contributed by atoms with Gasteiger partial charge in [0.05, 0.1) is 17.1 Å². The van der Waals surface area contributed by atoms with Crippen LogP contribution in [0.15, 0.2) is 28.8 Å². The fraction of sp³-hybridized carbons (Fsp3) is 0.167. The zero-order valence-electron chi connectivity index (χ0n) is 9.54. The molecule has 0 atom stereocenters. The number of nitrogens with zero attached hydrogens (tertiary/aromatic N) is 1. The number of aryl methyl sites for hydroxylation is 1. The van der Waals surface area contributed by atoms with Gasteiger partial charge in [0.2, 0.25) is 0 Å².